The molecule has 1 aromatic carbocycles. The van der Waals surface area contributed by atoms with Crippen molar-refractivity contribution in [2.45, 2.75) is 12.8 Å². The molecule has 0 unspecified atom stereocenters. The molecule has 0 spiro atoms. The van der Waals surface area contributed by atoms with Crippen molar-refractivity contribution in [1.29, 1.82) is 0 Å². The average molecular weight is 288 g/mol. The van der Waals surface area contributed by atoms with Crippen LogP contribution in [0.15, 0.2) is 36.4 Å². The van der Waals surface area contributed by atoms with Gasteiger partial charge in [0.05, 0.1) is 17.5 Å². The van der Waals surface area contributed by atoms with Crippen LogP contribution >= 0.6 is 11.6 Å². The number of halogens is 1. The minimum absolute atomic E-state index is 0.0543. The smallest absolute Gasteiger partial charge is 0.238 e. The number of allylic oxidation sites excluding steroid dienone is 2. The van der Waals surface area contributed by atoms with Gasteiger partial charge in [-0.2, -0.15) is 0 Å². The van der Waals surface area contributed by atoms with Crippen molar-refractivity contribution >= 4 is 29.1 Å². The quantitative estimate of drug-likeness (QED) is 0.588. The maximum atomic E-state index is 12.7. The Morgan fingerprint density at radius 3 is 2.10 bits per heavy atom. The summed E-state index contributed by atoms with van der Waals surface area (Å²) in [5.74, 6) is 0.0226. The first-order valence-corrected chi connectivity index (χ1v) is 7.36. The van der Waals surface area contributed by atoms with Gasteiger partial charge in [-0.15, -0.1) is 0 Å². The molecule has 1 aliphatic heterocycles. The van der Waals surface area contributed by atoms with Crippen LogP contribution in [0.4, 0.5) is 5.69 Å². The van der Waals surface area contributed by atoms with E-state index in [9.17, 15) is 9.59 Å². The van der Waals surface area contributed by atoms with Crippen molar-refractivity contribution in [3.63, 3.8) is 0 Å². The van der Waals surface area contributed by atoms with Gasteiger partial charge in [-0.1, -0.05) is 29.8 Å². The topological polar surface area (TPSA) is 37.4 Å². The van der Waals surface area contributed by atoms with E-state index in [1.165, 1.54) is 4.90 Å². The molecule has 20 heavy (non-hydrogen) atoms. The molecule has 5 rings (SSSR count). The number of nitrogens with zero attached hydrogens (tertiary/aromatic N) is 1. The Morgan fingerprint density at radius 1 is 1.00 bits per heavy atom. The fourth-order valence-corrected chi connectivity index (χ4v) is 4.13. The molecule has 1 saturated heterocycles. The van der Waals surface area contributed by atoms with E-state index in [-0.39, 0.29) is 35.5 Å². The Kier molecular flexibility index (Phi) is 2.55. The van der Waals surface area contributed by atoms with Crippen LogP contribution in [0, 0.1) is 23.7 Å². The summed E-state index contributed by atoms with van der Waals surface area (Å²) < 4.78 is 0. The highest BCUT2D eigenvalue weighted by atomic mass is 35.5. The van der Waals surface area contributed by atoms with Gasteiger partial charge in [-0.25, -0.2) is 4.90 Å². The first-order chi connectivity index (χ1) is 9.66. The van der Waals surface area contributed by atoms with Crippen molar-refractivity contribution in [3.05, 3.63) is 41.4 Å². The standard InChI is InChI=1S/C16H14ClNO2/c17-11-2-1-3-12(8-11)18-15(19)13-9-4-5-10(7-6-9)14(13)16(18)20/h1-5,8-10,13-14H,6-7H2/t9-,10+,13-,14+. The highest BCUT2D eigenvalue weighted by molar-refractivity contribution is 6.31. The third-order valence-corrected chi connectivity index (χ3v) is 5.06. The summed E-state index contributed by atoms with van der Waals surface area (Å²) in [7, 11) is 0. The summed E-state index contributed by atoms with van der Waals surface area (Å²) in [5.41, 5.74) is 0.598. The summed E-state index contributed by atoms with van der Waals surface area (Å²) in [6.07, 6.45) is 6.29. The van der Waals surface area contributed by atoms with Crippen LogP contribution in [-0.4, -0.2) is 11.8 Å². The largest absolute Gasteiger partial charge is 0.274 e. The number of carbonyl (C=O) groups is 2. The Labute approximate surface area is 122 Å². The van der Waals surface area contributed by atoms with E-state index in [2.05, 4.69) is 12.2 Å². The average Bonchev–Trinajstić information content (AvgIpc) is 2.74. The normalized spacial score (nSPS) is 34.8. The van der Waals surface area contributed by atoms with Crippen LogP contribution in [0.5, 0.6) is 0 Å². The molecule has 4 aliphatic rings. The third kappa shape index (κ3) is 1.53. The number of amides is 2. The summed E-state index contributed by atoms with van der Waals surface area (Å²) >= 11 is 5.98. The summed E-state index contributed by atoms with van der Waals surface area (Å²) in [4.78, 5) is 26.7. The molecule has 0 radical (unpaired) electrons. The zero-order valence-corrected chi connectivity index (χ0v) is 11.6. The summed E-state index contributed by atoms with van der Waals surface area (Å²) in [6.45, 7) is 0. The third-order valence-electron chi connectivity index (χ3n) is 4.83. The predicted molar refractivity (Wildman–Crippen MR) is 76.3 cm³/mol. The fraction of sp³-hybridized carbons (Fsp3) is 0.375. The number of fused-ring (bicyclic) bond motifs is 1. The first-order valence-electron chi connectivity index (χ1n) is 6.98. The summed E-state index contributed by atoms with van der Waals surface area (Å²) in [6, 6.07) is 6.97. The van der Waals surface area contributed by atoms with E-state index in [1.807, 2.05) is 0 Å². The molecule has 4 heteroatoms. The lowest BCUT2D eigenvalue weighted by Crippen LogP contribution is -2.38. The van der Waals surface area contributed by atoms with E-state index in [0.717, 1.165) is 12.8 Å². The number of rotatable bonds is 1. The Hall–Kier alpha value is -1.61. The minimum atomic E-state index is -0.162. The van der Waals surface area contributed by atoms with Crippen LogP contribution < -0.4 is 4.90 Å². The lowest BCUT2D eigenvalue weighted by atomic mass is 9.63. The molecule has 102 valence electrons. The fourth-order valence-electron chi connectivity index (χ4n) is 3.94. The number of hydrogen-bond acceptors (Lipinski definition) is 2. The molecule has 3 nitrogen and oxygen atoms in total. The molecular formula is C16H14ClNO2. The van der Waals surface area contributed by atoms with Crippen molar-refractivity contribution in [1.82, 2.24) is 0 Å². The SMILES string of the molecule is O=C1[C@@H]2[C@H](C(=O)N1c1cccc(Cl)c1)[C@@H]1C=C[C@H]2CC1. The monoisotopic (exact) mass is 287 g/mol. The van der Waals surface area contributed by atoms with Crippen LogP contribution in [0.2, 0.25) is 5.02 Å². The minimum Gasteiger partial charge on any atom is -0.274 e. The van der Waals surface area contributed by atoms with Gasteiger partial charge in [0.25, 0.3) is 0 Å². The van der Waals surface area contributed by atoms with Gasteiger partial charge in [-0.05, 0) is 42.9 Å². The molecule has 2 bridgehead atoms. The Bertz CT molecular complexity index is 607. The van der Waals surface area contributed by atoms with Crippen LogP contribution in [0.3, 0.4) is 0 Å². The molecule has 1 heterocycles. The second kappa shape index (κ2) is 4.19. The molecule has 0 aromatic heterocycles. The van der Waals surface area contributed by atoms with Crippen LogP contribution in [-0.2, 0) is 9.59 Å². The molecule has 2 fully saturated rings. The maximum Gasteiger partial charge on any atom is 0.238 e. The molecule has 0 N–H and O–H groups in total. The molecule has 1 aromatic rings. The maximum absolute atomic E-state index is 12.7. The number of hydrogen-bond donors (Lipinski definition) is 0. The lowest BCUT2D eigenvalue weighted by molar-refractivity contribution is -0.124. The van der Waals surface area contributed by atoms with Crippen molar-refractivity contribution in [3.8, 4) is 0 Å². The molecule has 1 saturated carbocycles. The lowest BCUT2D eigenvalue weighted by Gasteiger charge is -2.38. The molecule has 4 atom stereocenters. The van der Waals surface area contributed by atoms with Gasteiger partial charge >= 0.3 is 0 Å². The van der Waals surface area contributed by atoms with Gasteiger partial charge in [0.2, 0.25) is 11.8 Å². The number of carbonyl (C=O) groups excluding carboxylic acids is 2. The van der Waals surface area contributed by atoms with E-state index < -0.39 is 0 Å². The zero-order chi connectivity index (χ0) is 13.9. The molecule has 3 aliphatic carbocycles. The van der Waals surface area contributed by atoms with Crippen molar-refractivity contribution in [2.24, 2.45) is 23.7 Å². The van der Waals surface area contributed by atoms with Gasteiger partial charge < -0.3 is 0 Å². The van der Waals surface area contributed by atoms with Gasteiger partial charge in [0, 0.05) is 5.02 Å². The number of anilines is 1. The second-order valence-electron chi connectivity index (χ2n) is 5.83. The zero-order valence-electron chi connectivity index (χ0n) is 10.8. The second-order valence-corrected chi connectivity index (χ2v) is 6.27. The highest BCUT2D eigenvalue weighted by Crippen LogP contribution is 2.50. The van der Waals surface area contributed by atoms with Crippen molar-refractivity contribution < 1.29 is 9.59 Å². The first kappa shape index (κ1) is 12.2. The van der Waals surface area contributed by atoms with Crippen LogP contribution in [0.1, 0.15) is 12.8 Å². The predicted octanol–water partition coefficient (Wildman–Crippen LogP) is 3.04. The van der Waals surface area contributed by atoms with E-state index in [4.69, 9.17) is 11.6 Å². The van der Waals surface area contributed by atoms with E-state index in [0.29, 0.717) is 10.7 Å². The van der Waals surface area contributed by atoms with E-state index >= 15 is 0 Å². The van der Waals surface area contributed by atoms with Crippen LogP contribution in [0.25, 0.3) is 0 Å². The van der Waals surface area contributed by atoms with Crippen molar-refractivity contribution in [2.75, 3.05) is 4.90 Å². The highest BCUT2D eigenvalue weighted by Gasteiger charge is 2.56. The Morgan fingerprint density at radius 2 is 1.60 bits per heavy atom. The van der Waals surface area contributed by atoms with Gasteiger partial charge in [0.15, 0.2) is 0 Å². The van der Waals surface area contributed by atoms with Gasteiger partial charge in [-0.3, -0.25) is 9.59 Å². The van der Waals surface area contributed by atoms with E-state index in [1.54, 1.807) is 24.3 Å². The van der Waals surface area contributed by atoms with Gasteiger partial charge in [0.1, 0.15) is 0 Å². The Balaban J connectivity index is 1.77. The molecular weight excluding hydrogens is 274 g/mol. The number of imide groups is 1. The summed E-state index contributed by atoms with van der Waals surface area (Å²) in [5, 5.41) is 0.541. The molecule has 2 amide bonds. The number of benzene rings is 1.